The van der Waals surface area contributed by atoms with E-state index in [4.69, 9.17) is 10.5 Å². The van der Waals surface area contributed by atoms with Crippen molar-refractivity contribution in [2.45, 2.75) is 19.5 Å². The van der Waals surface area contributed by atoms with Crippen molar-refractivity contribution in [1.29, 1.82) is 0 Å². The zero-order valence-corrected chi connectivity index (χ0v) is 11.1. The summed E-state index contributed by atoms with van der Waals surface area (Å²) in [6.07, 6.45) is 1.22. The van der Waals surface area contributed by atoms with Gasteiger partial charge in [-0.25, -0.2) is 0 Å². The number of nitrogens with two attached hydrogens (primary N) is 1. The highest BCUT2D eigenvalue weighted by Gasteiger charge is 2.10. The van der Waals surface area contributed by atoms with Gasteiger partial charge in [-0.3, -0.25) is 4.90 Å². The van der Waals surface area contributed by atoms with Crippen molar-refractivity contribution < 1.29 is 4.74 Å². The van der Waals surface area contributed by atoms with Crippen LogP contribution in [0.25, 0.3) is 0 Å². The molecule has 100 valence electrons. The Labute approximate surface area is 109 Å². The van der Waals surface area contributed by atoms with Gasteiger partial charge in [-0.2, -0.15) is 0 Å². The lowest BCUT2D eigenvalue weighted by Crippen LogP contribution is -2.27. The molecule has 2 rings (SSSR count). The van der Waals surface area contributed by atoms with Crippen LogP contribution in [-0.2, 0) is 13.1 Å². The topological polar surface area (TPSA) is 50.5 Å². The van der Waals surface area contributed by atoms with Crippen LogP contribution in [0.3, 0.4) is 0 Å². The predicted octanol–water partition coefficient (Wildman–Crippen LogP) is 0.949. The molecule has 0 saturated carbocycles. The number of benzene rings is 1. The third-order valence-corrected chi connectivity index (χ3v) is 3.41. The molecule has 3 N–H and O–H groups in total. The Morgan fingerprint density at radius 2 is 2.22 bits per heavy atom. The number of hydrogen-bond acceptors (Lipinski definition) is 4. The number of rotatable bonds is 4. The smallest absolute Gasteiger partial charge is 0.123 e. The van der Waals surface area contributed by atoms with Gasteiger partial charge >= 0.3 is 0 Å². The maximum absolute atomic E-state index is 5.68. The molecule has 0 unspecified atom stereocenters. The highest BCUT2D eigenvalue weighted by Crippen LogP contribution is 2.20. The Morgan fingerprint density at radius 3 is 3.00 bits per heavy atom. The van der Waals surface area contributed by atoms with E-state index in [2.05, 4.69) is 28.4 Å². The minimum Gasteiger partial charge on any atom is -0.496 e. The third kappa shape index (κ3) is 3.45. The SMILES string of the molecule is COc1cc(CN2CCCNCC2)ccc1CN. The summed E-state index contributed by atoms with van der Waals surface area (Å²) < 4.78 is 5.38. The minimum atomic E-state index is 0.525. The lowest BCUT2D eigenvalue weighted by molar-refractivity contribution is 0.284. The molecule has 0 radical (unpaired) electrons. The van der Waals surface area contributed by atoms with Crippen LogP contribution in [0, 0.1) is 0 Å². The van der Waals surface area contributed by atoms with Gasteiger partial charge in [0.1, 0.15) is 5.75 Å². The average molecular weight is 249 g/mol. The fourth-order valence-corrected chi connectivity index (χ4v) is 2.37. The van der Waals surface area contributed by atoms with Crippen LogP contribution in [0.4, 0.5) is 0 Å². The molecule has 0 aliphatic carbocycles. The largest absolute Gasteiger partial charge is 0.496 e. The number of nitrogens with one attached hydrogen (secondary N) is 1. The summed E-state index contributed by atoms with van der Waals surface area (Å²) in [4.78, 5) is 2.48. The fourth-order valence-electron chi connectivity index (χ4n) is 2.37. The molecule has 1 aliphatic rings. The third-order valence-electron chi connectivity index (χ3n) is 3.41. The molecule has 1 saturated heterocycles. The van der Waals surface area contributed by atoms with E-state index in [-0.39, 0.29) is 0 Å². The first-order chi connectivity index (χ1) is 8.83. The quantitative estimate of drug-likeness (QED) is 0.834. The van der Waals surface area contributed by atoms with Crippen LogP contribution in [0.5, 0.6) is 5.75 Å². The Balaban J connectivity index is 2.03. The van der Waals surface area contributed by atoms with E-state index in [1.807, 2.05) is 0 Å². The predicted molar refractivity (Wildman–Crippen MR) is 73.6 cm³/mol. The molecule has 0 aromatic heterocycles. The molecule has 1 aromatic carbocycles. The van der Waals surface area contributed by atoms with E-state index in [0.717, 1.165) is 44.0 Å². The molecule has 0 spiro atoms. The molecule has 1 heterocycles. The monoisotopic (exact) mass is 249 g/mol. The van der Waals surface area contributed by atoms with Crippen LogP contribution in [0.2, 0.25) is 0 Å². The van der Waals surface area contributed by atoms with E-state index in [1.165, 1.54) is 12.0 Å². The summed E-state index contributed by atoms with van der Waals surface area (Å²) in [5.41, 5.74) is 8.05. The van der Waals surface area contributed by atoms with Crippen LogP contribution >= 0.6 is 0 Å². The summed E-state index contributed by atoms with van der Waals surface area (Å²) in [5, 5.41) is 3.42. The lowest BCUT2D eigenvalue weighted by Gasteiger charge is -2.20. The number of nitrogens with zero attached hydrogens (tertiary/aromatic N) is 1. The second-order valence-electron chi connectivity index (χ2n) is 4.73. The van der Waals surface area contributed by atoms with Gasteiger partial charge in [0.25, 0.3) is 0 Å². The molecule has 0 atom stereocenters. The highest BCUT2D eigenvalue weighted by atomic mass is 16.5. The summed E-state index contributed by atoms with van der Waals surface area (Å²) in [7, 11) is 1.70. The first-order valence-electron chi connectivity index (χ1n) is 6.62. The second-order valence-corrected chi connectivity index (χ2v) is 4.73. The van der Waals surface area contributed by atoms with E-state index < -0.39 is 0 Å². The fraction of sp³-hybridized carbons (Fsp3) is 0.571. The van der Waals surface area contributed by atoms with Crippen LogP contribution in [-0.4, -0.2) is 38.2 Å². The lowest BCUT2D eigenvalue weighted by atomic mass is 10.1. The number of methoxy groups -OCH3 is 1. The van der Waals surface area contributed by atoms with Gasteiger partial charge < -0.3 is 15.8 Å². The standard InChI is InChI=1S/C14H23N3O/c1-18-14-9-12(3-4-13(14)10-15)11-17-7-2-5-16-6-8-17/h3-4,9,16H,2,5-8,10-11,15H2,1H3. The Kier molecular flexibility index (Phi) is 4.99. The van der Waals surface area contributed by atoms with Gasteiger partial charge in [0.05, 0.1) is 7.11 Å². The van der Waals surface area contributed by atoms with Gasteiger partial charge in [0, 0.05) is 31.7 Å². The Bertz CT molecular complexity index is 373. The zero-order chi connectivity index (χ0) is 12.8. The van der Waals surface area contributed by atoms with Crippen LogP contribution in [0.1, 0.15) is 17.5 Å². The van der Waals surface area contributed by atoms with Gasteiger partial charge in [-0.05, 0) is 31.1 Å². The van der Waals surface area contributed by atoms with Gasteiger partial charge in [-0.1, -0.05) is 12.1 Å². The van der Waals surface area contributed by atoms with Crippen molar-refractivity contribution in [3.05, 3.63) is 29.3 Å². The number of hydrogen-bond donors (Lipinski definition) is 2. The van der Waals surface area contributed by atoms with E-state index in [9.17, 15) is 0 Å². The normalized spacial score (nSPS) is 17.4. The zero-order valence-electron chi connectivity index (χ0n) is 11.1. The highest BCUT2D eigenvalue weighted by molar-refractivity contribution is 5.37. The molecule has 1 aliphatic heterocycles. The molecular weight excluding hydrogens is 226 g/mol. The first kappa shape index (κ1) is 13.3. The Morgan fingerprint density at radius 1 is 1.33 bits per heavy atom. The summed E-state index contributed by atoms with van der Waals surface area (Å²) in [6.45, 7) is 6.00. The minimum absolute atomic E-state index is 0.525. The van der Waals surface area contributed by atoms with Gasteiger partial charge in [0.15, 0.2) is 0 Å². The van der Waals surface area contributed by atoms with Crippen molar-refractivity contribution in [3.8, 4) is 5.75 Å². The maximum Gasteiger partial charge on any atom is 0.123 e. The average Bonchev–Trinajstić information content (AvgIpc) is 2.67. The van der Waals surface area contributed by atoms with Crippen molar-refractivity contribution in [2.75, 3.05) is 33.3 Å². The van der Waals surface area contributed by atoms with Crippen molar-refractivity contribution in [3.63, 3.8) is 0 Å². The van der Waals surface area contributed by atoms with Crippen LogP contribution < -0.4 is 15.8 Å². The Hall–Kier alpha value is -1.10. The van der Waals surface area contributed by atoms with E-state index in [0.29, 0.717) is 6.54 Å². The maximum atomic E-state index is 5.68. The summed E-state index contributed by atoms with van der Waals surface area (Å²) in [6, 6.07) is 6.34. The van der Waals surface area contributed by atoms with Crippen molar-refractivity contribution in [2.24, 2.45) is 5.73 Å². The number of ether oxygens (including phenoxy) is 1. The van der Waals surface area contributed by atoms with E-state index >= 15 is 0 Å². The van der Waals surface area contributed by atoms with Gasteiger partial charge in [0.2, 0.25) is 0 Å². The molecule has 1 aromatic rings. The molecule has 18 heavy (non-hydrogen) atoms. The van der Waals surface area contributed by atoms with Crippen molar-refractivity contribution in [1.82, 2.24) is 10.2 Å². The first-order valence-corrected chi connectivity index (χ1v) is 6.62. The van der Waals surface area contributed by atoms with E-state index in [1.54, 1.807) is 7.11 Å². The molecule has 4 nitrogen and oxygen atoms in total. The second kappa shape index (κ2) is 6.73. The molecular formula is C14H23N3O. The summed E-state index contributed by atoms with van der Waals surface area (Å²) in [5.74, 6) is 0.906. The molecule has 1 fully saturated rings. The van der Waals surface area contributed by atoms with Crippen LogP contribution in [0.15, 0.2) is 18.2 Å². The summed E-state index contributed by atoms with van der Waals surface area (Å²) >= 11 is 0. The molecule has 0 bridgehead atoms. The molecule has 4 heteroatoms. The van der Waals surface area contributed by atoms with Gasteiger partial charge in [-0.15, -0.1) is 0 Å². The van der Waals surface area contributed by atoms with Crippen molar-refractivity contribution >= 4 is 0 Å². The molecule has 0 amide bonds.